The average Bonchev–Trinajstić information content (AvgIpc) is 2.79. The molecule has 1 spiro atoms. The number of hydrogen-bond donors (Lipinski definition) is 0. The van der Waals surface area contributed by atoms with E-state index in [-0.39, 0.29) is 5.41 Å². The van der Waals surface area contributed by atoms with Crippen molar-refractivity contribution in [3.63, 3.8) is 0 Å². The molecular formula is C18H27NO2S. The summed E-state index contributed by atoms with van der Waals surface area (Å²) in [6, 6.07) is 8.75. The number of sulfonamides is 1. The first-order valence-corrected chi connectivity index (χ1v) is 10.2. The van der Waals surface area contributed by atoms with Gasteiger partial charge in [-0.3, -0.25) is 0 Å². The molecule has 1 heterocycles. The van der Waals surface area contributed by atoms with Gasteiger partial charge in [0.15, 0.2) is 0 Å². The standard InChI is InChI=1S/C18H27NO2S/c1-3-4-13-22(20,21)19-11-9-18(10-12-19)15(2)14-16-7-5-6-8-17(16)18/h5-8,15H,3-4,9-14H2,1-2H3. The van der Waals surface area contributed by atoms with Crippen LogP contribution in [-0.4, -0.2) is 31.6 Å². The molecule has 1 fully saturated rings. The Balaban J connectivity index is 1.77. The van der Waals surface area contributed by atoms with Crippen LogP contribution in [0.1, 0.15) is 50.7 Å². The summed E-state index contributed by atoms with van der Waals surface area (Å²) in [7, 11) is -3.05. The van der Waals surface area contributed by atoms with Crippen LogP contribution in [0, 0.1) is 5.92 Å². The molecule has 0 bridgehead atoms. The minimum atomic E-state index is -3.05. The molecule has 1 aromatic carbocycles. The fraction of sp³-hybridized carbons (Fsp3) is 0.667. The van der Waals surface area contributed by atoms with E-state index in [2.05, 4.69) is 31.2 Å². The Morgan fingerprint density at radius 1 is 1.23 bits per heavy atom. The van der Waals surface area contributed by atoms with Crippen LogP contribution in [-0.2, 0) is 21.9 Å². The van der Waals surface area contributed by atoms with Crippen molar-refractivity contribution < 1.29 is 8.42 Å². The normalized spacial score (nSPS) is 24.5. The number of fused-ring (bicyclic) bond motifs is 2. The van der Waals surface area contributed by atoms with E-state index in [9.17, 15) is 8.42 Å². The lowest BCUT2D eigenvalue weighted by atomic mass is 9.69. The Kier molecular flexibility index (Phi) is 4.34. The summed E-state index contributed by atoms with van der Waals surface area (Å²) >= 11 is 0. The summed E-state index contributed by atoms with van der Waals surface area (Å²) in [5.41, 5.74) is 3.15. The first-order chi connectivity index (χ1) is 10.5. The van der Waals surface area contributed by atoms with Crippen LogP contribution >= 0.6 is 0 Å². The molecule has 1 aliphatic heterocycles. The third-order valence-electron chi connectivity index (χ3n) is 5.79. The molecule has 3 rings (SSSR count). The largest absolute Gasteiger partial charge is 0.214 e. The Bertz CT molecular complexity index is 630. The molecule has 22 heavy (non-hydrogen) atoms. The molecule has 0 N–H and O–H groups in total. The number of unbranched alkanes of at least 4 members (excludes halogenated alkanes) is 1. The third-order valence-corrected chi connectivity index (χ3v) is 7.74. The number of benzene rings is 1. The smallest absolute Gasteiger partial charge is 0.212 e. The highest BCUT2D eigenvalue weighted by Gasteiger charge is 2.47. The van der Waals surface area contributed by atoms with Crippen molar-refractivity contribution in [2.75, 3.05) is 18.8 Å². The molecular weight excluding hydrogens is 294 g/mol. The summed E-state index contributed by atoms with van der Waals surface area (Å²) in [5.74, 6) is 0.924. The molecule has 0 radical (unpaired) electrons. The van der Waals surface area contributed by atoms with Crippen LogP contribution in [0.3, 0.4) is 0 Å². The van der Waals surface area contributed by atoms with E-state index in [0.717, 1.165) is 32.1 Å². The first-order valence-electron chi connectivity index (χ1n) is 8.56. The van der Waals surface area contributed by atoms with E-state index in [1.54, 1.807) is 4.31 Å². The van der Waals surface area contributed by atoms with Gasteiger partial charge in [0.25, 0.3) is 0 Å². The van der Waals surface area contributed by atoms with E-state index in [4.69, 9.17) is 0 Å². The molecule has 1 aromatic rings. The highest BCUT2D eigenvalue weighted by molar-refractivity contribution is 7.89. The molecule has 0 aromatic heterocycles. The SMILES string of the molecule is CCCCS(=O)(=O)N1CCC2(CC1)c1ccccc1CC2C. The minimum Gasteiger partial charge on any atom is -0.212 e. The van der Waals surface area contributed by atoms with E-state index >= 15 is 0 Å². The van der Waals surface area contributed by atoms with Gasteiger partial charge in [0.1, 0.15) is 0 Å². The third kappa shape index (κ3) is 2.61. The summed E-state index contributed by atoms with van der Waals surface area (Å²) in [6.07, 6.45) is 4.77. The van der Waals surface area contributed by atoms with Gasteiger partial charge in [0, 0.05) is 18.5 Å². The van der Waals surface area contributed by atoms with Crippen molar-refractivity contribution in [1.29, 1.82) is 0 Å². The number of nitrogens with zero attached hydrogens (tertiary/aromatic N) is 1. The molecule has 1 unspecified atom stereocenters. The second-order valence-corrected chi connectivity index (χ2v) is 9.08. The maximum atomic E-state index is 12.4. The van der Waals surface area contributed by atoms with E-state index in [1.807, 2.05) is 6.92 Å². The predicted octanol–water partition coefficient (Wildman–Crippen LogP) is 3.34. The van der Waals surface area contributed by atoms with Gasteiger partial charge < -0.3 is 0 Å². The van der Waals surface area contributed by atoms with Gasteiger partial charge in [-0.25, -0.2) is 12.7 Å². The second-order valence-electron chi connectivity index (χ2n) is 6.99. The highest BCUT2D eigenvalue weighted by Crippen LogP contribution is 2.49. The van der Waals surface area contributed by atoms with Crippen LogP contribution in [0.4, 0.5) is 0 Å². The lowest BCUT2D eigenvalue weighted by Crippen LogP contribution is -2.47. The molecule has 4 heteroatoms. The molecule has 0 amide bonds. The summed E-state index contributed by atoms with van der Waals surface area (Å²) in [4.78, 5) is 0. The van der Waals surface area contributed by atoms with Gasteiger partial charge in [-0.1, -0.05) is 44.5 Å². The van der Waals surface area contributed by atoms with Crippen molar-refractivity contribution in [1.82, 2.24) is 4.31 Å². The van der Waals surface area contributed by atoms with Crippen LogP contribution < -0.4 is 0 Å². The zero-order valence-electron chi connectivity index (χ0n) is 13.7. The zero-order valence-corrected chi connectivity index (χ0v) is 14.5. The van der Waals surface area contributed by atoms with E-state index in [1.165, 1.54) is 11.1 Å². The van der Waals surface area contributed by atoms with Crippen LogP contribution in [0.25, 0.3) is 0 Å². The Labute approximate surface area is 134 Å². The topological polar surface area (TPSA) is 37.4 Å². The van der Waals surface area contributed by atoms with Gasteiger partial charge >= 0.3 is 0 Å². The minimum absolute atomic E-state index is 0.202. The van der Waals surface area contributed by atoms with Crippen LogP contribution in [0.2, 0.25) is 0 Å². The van der Waals surface area contributed by atoms with Crippen molar-refractivity contribution in [3.05, 3.63) is 35.4 Å². The molecule has 1 aliphatic carbocycles. The summed E-state index contributed by atoms with van der Waals surface area (Å²) in [5, 5.41) is 0. The van der Waals surface area contributed by atoms with Crippen molar-refractivity contribution in [2.45, 2.75) is 51.4 Å². The Morgan fingerprint density at radius 2 is 1.91 bits per heavy atom. The van der Waals surface area contributed by atoms with Crippen LogP contribution in [0.15, 0.2) is 24.3 Å². The molecule has 1 saturated heterocycles. The fourth-order valence-electron chi connectivity index (χ4n) is 4.36. The molecule has 3 nitrogen and oxygen atoms in total. The van der Waals surface area contributed by atoms with Gasteiger partial charge in [-0.2, -0.15) is 0 Å². The molecule has 1 atom stereocenters. The highest BCUT2D eigenvalue weighted by atomic mass is 32.2. The first kappa shape index (κ1) is 16.0. The average molecular weight is 321 g/mol. The molecule has 122 valence electrons. The van der Waals surface area contributed by atoms with Crippen molar-refractivity contribution >= 4 is 10.0 Å². The lowest BCUT2D eigenvalue weighted by Gasteiger charge is -2.42. The number of rotatable bonds is 4. The summed E-state index contributed by atoms with van der Waals surface area (Å²) in [6.45, 7) is 5.74. The van der Waals surface area contributed by atoms with Gasteiger partial charge in [-0.15, -0.1) is 0 Å². The van der Waals surface area contributed by atoms with Crippen molar-refractivity contribution in [3.8, 4) is 0 Å². The monoisotopic (exact) mass is 321 g/mol. The molecule has 0 saturated carbocycles. The lowest BCUT2D eigenvalue weighted by molar-refractivity contribution is 0.184. The van der Waals surface area contributed by atoms with Crippen molar-refractivity contribution in [2.24, 2.45) is 5.92 Å². The van der Waals surface area contributed by atoms with Crippen LogP contribution in [0.5, 0.6) is 0 Å². The van der Waals surface area contributed by atoms with E-state index < -0.39 is 10.0 Å². The fourth-order valence-corrected chi connectivity index (χ4v) is 6.01. The second kappa shape index (κ2) is 5.97. The Hall–Kier alpha value is -0.870. The van der Waals surface area contributed by atoms with Gasteiger partial charge in [0.2, 0.25) is 10.0 Å². The zero-order chi connectivity index (χ0) is 15.8. The Morgan fingerprint density at radius 3 is 2.59 bits per heavy atom. The maximum Gasteiger partial charge on any atom is 0.214 e. The quantitative estimate of drug-likeness (QED) is 0.853. The van der Waals surface area contributed by atoms with Gasteiger partial charge in [0.05, 0.1) is 5.75 Å². The van der Waals surface area contributed by atoms with Gasteiger partial charge in [-0.05, 0) is 42.7 Å². The number of piperidine rings is 1. The maximum absolute atomic E-state index is 12.4. The number of hydrogen-bond acceptors (Lipinski definition) is 2. The summed E-state index contributed by atoms with van der Waals surface area (Å²) < 4.78 is 26.5. The predicted molar refractivity (Wildman–Crippen MR) is 90.5 cm³/mol. The van der Waals surface area contributed by atoms with E-state index in [0.29, 0.717) is 24.8 Å². The molecule has 2 aliphatic rings.